The lowest BCUT2D eigenvalue weighted by atomic mass is 10.2. The van der Waals surface area contributed by atoms with Crippen LogP contribution in [-0.4, -0.2) is 39.9 Å². The number of nitrogens with zero attached hydrogens (tertiary/aromatic N) is 4. The van der Waals surface area contributed by atoms with Crippen LogP contribution in [0.3, 0.4) is 0 Å². The highest BCUT2D eigenvalue weighted by molar-refractivity contribution is 6.31. The lowest BCUT2D eigenvalue weighted by molar-refractivity contribution is 0.187. The van der Waals surface area contributed by atoms with Gasteiger partial charge in [-0.3, -0.25) is 9.67 Å². The van der Waals surface area contributed by atoms with E-state index in [0.29, 0.717) is 5.71 Å². The third-order valence-corrected chi connectivity index (χ3v) is 2.00. The second-order valence-electron chi connectivity index (χ2n) is 3.28. The van der Waals surface area contributed by atoms with E-state index in [1.807, 2.05) is 0 Å². The Balaban J connectivity index is 2.50. The van der Waals surface area contributed by atoms with Crippen LogP contribution < -0.4 is 11.6 Å². The predicted molar refractivity (Wildman–Crippen MR) is 62.2 cm³/mol. The Bertz CT molecular complexity index is 383. The second kappa shape index (κ2) is 5.99. The number of aliphatic imine (C=N–C) groups is 1. The number of hydrazone groups is 1. The van der Waals surface area contributed by atoms with E-state index >= 15 is 0 Å². The van der Waals surface area contributed by atoms with Gasteiger partial charge in [-0.25, -0.2) is 0 Å². The van der Waals surface area contributed by atoms with Crippen molar-refractivity contribution in [2.75, 3.05) is 13.1 Å². The number of hydrogen-bond acceptors (Lipinski definition) is 6. The first kappa shape index (κ1) is 12.3. The molecule has 0 saturated heterocycles. The minimum atomic E-state index is -0.679. The van der Waals surface area contributed by atoms with E-state index in [0.717, 1.165) is 5.56 Å². The lowest BCUT2D eigenvalue weighted by Gasteiger charge is -2.03. The molecule has 0 bridgehead atoms. The molecular weight excluding hydrogens is 208 g/mol. The number of rotatable bonds is 5. The monoisotopic (exact) mass is 224 g/mol. The molecule has 1 atom stereocenters. The third kappa shape index (κ3) is 3.44. The fourth-order valence-corrected chi connectivity index (χ4v) is 1.11. The van der Waals surface area contributed by atoms with Crippen LogP contribution in [0, 0.1) is 0 Å². The molecule has 0 radical (unpaired) electrons. The molecule has 7 heteroatoms. The van der Waals surface area contributed by atoms with E-state index in [-0.39, 0.29) is 13.1 Å². The smallest absolute Gasteiger partial charge is 0.101 e. The first-order valence-electron chi connectivity index (χ1n) is 4.80. The molecular formula is C9H16N6O. The van der Waals surface area contributed by atoms with Gasteiger partial charge in [0.2, 0.25) is 0 Å². The largest absolute Gasteiger partial charge is 0.386 e. The number of aliphatic hydroxyl groups is 1. The summed E-state index contributed by atoms with van der Waals surface area (Å²) < 4.78 is 1.62. The molecule has 1 aromatic heterocycles. The topological polar surface area (TPSA) is 115 Å². The summed E-state index contributed by atoms with van der Waals surface area (Å²) >= 11 is 0. The molecule has 0 aliphatic carbocycles. The third-order valence-electron chi connectivity index (χ3n) is 2.00. The molecule has 7 nitrogen and oxygen atoms in total. The molecule has 88 valence electrons. The Morgan fingerprint density at radius 3 is 3.00 bits per heavy atom. The van der Waals surface area contributed by atoms with Crippen LogP contribution in [0.1, 0.15) is 11.7 Å². The minimum Gasteiger partial charge on any atom is -0.386 e. The maximum atomic E-state index is 9.72. The molecule has 1 rings (SSSR count). The van der Waals surface area contributed by atoms with Gasteiger partial charge in [0, 0.05) is 31.6 Å². The van der Waals surface area contributed by atoms with Crippen LogP contribution in [0.4, 0.5) is 0 Å². The molecule has 1 heterocycles. The van der Waals surface area contributed by atoms with Gasteiger partial charge >= 0.3 is 0 Å². The van der Waals surface area contributed by atoms with Crippen molar-refractivity contribution in [3.05, 3.63) is 18.0 Å². The molecule has 0 aliphatic rings. The summed E-state index contributed by atoms with van der Waals surface area (Å²) in [5, 5.41) is 17.1. The summed E-state index contributed by atoms with van der Waals surface area (Å²) in [6, 6.07) is 0. The minimum absolute atomic E-state index is 0.225. The summed E-state index contributed by atoms with van der Waals surface area (Å²) in [6.07, 6.45) is 4.11. The lowest BCUT2D eigenvalue weighted by Crippen LogP contribution is -2.17. The highest BCUT2D eigenvalue weighted by atomic mass is 16.3. The maximum Gasteiger partial charge on any atom is 0.101 e. The van der Waals surface area contributed by atoms with E-state index < -0.39 is 6.10 Å². The number of aromatic nitrogens is 2. The van der Waals surface area contributed by atoms with Crippen molar-refractivity contribution >= 4 is 11.9 Å². The summed E-state index contributed by atoms with van der Waals surface area (Å²) in [5.74, 6) is 5.06. The summed E-state index contributed by atoms with van der Waals surface area (Å²) in [7, 11) is 1.78. The molecule has 1 unspecified atom stereocenters. The van der Waals surface area contributed by atoms with Gasteiger partial charge in [0.15, 0.2) is 0 Å². The van der Waals surface area contributed by atoms with E-state index in [4.69, 9.17) is 11.6 Å². The number of hydrogen-bond donors (Lipinski definition) is 3. The Labute approximate surface area is 93.5 Å². The van der Waals surface area contributed by atoms with Crippen molar-refractivity contribution in [3.8, 4) is 0 Å². The molecule has 0 aromatic carbocycles. The second-order valence-corrected chi connectivity index (χ2v) is 3.28. The molecule has 1 aromatic rings. The number of aliphatic hydroxyl groups excluding tert-OH is 1. The van der Waals surface area contributed by atoms with Crippen LogP contribution >= 0.6 is 0 Å². The van der Waals surface area contributed by atoms with Gasteiger partial charge < -0.3 is 16.7 Å². The maximum absolute atomic E-state index is 9.72. The van der Waals surface area contributed by atoms with Crippen molar-refractivity contribution < 1.29 is 5.11 Å². The van der Waals surface area contributed by atoms with Crippen LogP contribution in [-0.2, 0) is 7.05 Å². The van der Waals surface area contributed by atoms with E-state index in [2.05, 4.69) is 15.2 Å². The normalized spacial score (nSPS) is 14.6. The van der Waals surface area contributed by atoms with Crippen molar-refractivity contribution in [3.63, 3.8) is 0 Å². The van der Waals surface area contributed by atoms with E-state index in [9.17, 15) is 5.11 Å². The van der Waals surface area contributed by atoms with Gasteiger partial charge in [-0.05, 0) is 0 Å². The van der Waals surface area contributed by atoms with Gasteiger partial charge in [0.05, 0.1) is 18.5 Å². The average Bonchev–Trinajstić information content (AvgIpc) is 2.71. The van der Waals surface area contributed by atoms with Gasteiger partial charge in [0.25, 0.3) is 0 Å². The van der Waals surface area contributed by atoms with Gasteiger partial charge in [-0.1, -0.05) is 0 Å². The van der Waals surface area contributed by atoms with E-state index in [1.54, 1.807) is 24.1 Å². The van der Waals surface area contributed by atoms with Gasteiger partial charge in [-0.2, -0.15) is 10.2 Å². The zero-order chi connectivity index (χ0) is 12.0. The van der Waals surface area contributed by atoms with Crippen molar-refractivity contribution in [2.24, 2.45) is 28.7 Å². The van der Waals surface area contributed by atoms with Crippen molar-refractivity contribution in [2.45, 2.75) is 6.10 Å². The quantitative estimate of drug-likeness (QED) is 0.331. The Hall–Kier alpha value is -1.73. The molecule has 0 fully saturated rings. The van der Waals surface area contributed by atoms with Crippen LogP contribution in [0.25, 0.3) is 0 Å². The number of nitrogens with two attached hydrogens (primary N) is 2. The van der Waals surface area contributed by atoms with E-state index in [1.165, 1.54) is 6.21 Å². The first-order chi connectivity index (χ1) is 7.67. The fraction of sp³-hybridized carbons (Fsp3) is 0.444. The summed E-state index contributed by atoms with van der Waals surface area (Å²) in [5.41, 5.74) is 6.54. The van der Waals surface area contributed by atoms with Crippen LogP contribution in [0.5, 0.6) is 0 Å². The van der Waals surface area contributed by atoms with Gasteiger partial charge in [-0.15, -0.1) is 0 Å². The number of aryl methyl sites for hydroxylation is 1. The summed E-state index contributed by atoms with van der Waals surface area (Å²) in [6.45, 7) is 0.452. The van der Waals surface area contributed by atoms with Crippen LogP contribution in [0.2, 0.25) is 0 Å². The molecule has 0 spiro atoms. The Morgan fingerprint density at radius 1 is 1.75 bits per heavy atom. The standard InChI is InChI=1S/C9H16N6O/c1-15-6-7(3-13-15)9(16)5-12-4-8(2-10)14-11/h3-4,6,9,16H,2,5,10-11H2,1H3. The zero-order valence-corrected chi connectivity index (χ0v) is 9.11. The van der Waals surface area contributed by atoms with Gasteiger partial charge in [0.1, 0.15) is 6.10 Å². The summed E-state index contributed by atoms with van der Waals surface area (Å²) in [4.78, 5) is 4.00. The highest BCUT2D eigenvalue weighted by Gasteiger charge is 2.07. The van der Waals surface area contributed by atoms with Crippen molar-refractivity contribution in [1.29, 1.82) is 0 Å². The van der Waals surface area contributed by atoms with Crippen molar-refractivity contribution in [1.82, 2.24) is 9.78 Å². The Morgan fingerprint density at radius 2 is 2.50 bits per heavy atom. The predicted octanol–water partition coefficient (Wildman–Crippen LogP) is -1.20. The molecule has 0 amide bonds. The molecule has 0 aliphatic heterocycles. The molecule has 5 N–H and O–H groups in total. The average molecular weight is 224 g/mol. The SMILES string of the molecule is Cn1cc(C(O)CN=CC(CN)=NN)cn1. The Kier molecular flexibility index (Phi) is 4.62. The molecule has 0 saturated carbocycles. The fourth-order valence-electron chi connectivity index (χ4n) is 1.11. The highest BCUT2D eigenvalue weighted by Crippen LogP contribution is 2.10. The molecule has 16 heavy (non-hydrogen) atoms. The zero-order valence-electron chi connectivity index (χ0n) is 9.11. The first-order valence-corrected chi connectivity index (χ1v) is 4.80. The van der Waals surface area contributed by atoms with Crippen LogP contribution in [0.15, 0.2) is 22.5 Å².